The standard InChI is InChI=1S/C19H24N4O3/c1-11(2)22(19(25)26)17-9-12(3)23(13(4)24)16-6-5-14(10-15(16)17)18-20-7-8-21-18/h5-8,10-12,17H,9H2,1-4H3,(H,20,21)(H,25,26)/t12-,17+/m0/s1. The molecule has 1 aromatic carbocycles. The monoisotopic (exact) mass is 356 g/mol. The van der Waals surface area contributed by atoms with Crippen molar-refractivity contribution in [1.82, 2.24) is 14.9 Å². The lowest BCUT2D eigenvalue weighted by molar-refractivity contribution is -0.117. The lowest BCUT2D eigenvalue weighted by Crippen LogP contribution is -2.48. The molecule has 0 spiro atoms. The Hall–Kier alpha value is -2.83. The molecule has 1 aliphatic heterocycles. The molecule has 0 unspecified atom stereocenters. The summed E-state index contributed by atoms with van der Waals surface area (Å²) >= 11 is 0. The molecular formula is C19H24N4O3. The molecule has 0 aliphatic carbocycles. The molecule has 2 atom stereocenters. The zero-order chi connectivity index (χ0) is 19.0. The van der Waals surface area contributed by atoms with Gasteiger partial charge in [0, 0.05) is 42.7 Å². The Morgan fingerprint density at radius 1 is 1.38 bits per heavy atom. The molecule has 0 bridgehead atoms. The van der Waals surface area contributed by atoms with Crippen LogP contribution < -0.4 is 4.90 Å². The van der Waals surface area contributed by atoms with Crippen LogP contribution >= 0.6 is 0 Å². The van der Waals surface area contributed by atoms with E-state index in [2.05, 4.69) is 9.97 Å². The summed E-state index contributed by atoms with van der Waals surface area (Å²) < 4.78 is 0. The Labute approximate surface area is 152 Å². The smallest absolute Gasteiger partial charge is 0.408 e. The van der Waals surface area contributed by atoms with E-state index in [1.165, 1.54) is 4.90 Å². The molecule has 2 aromatic rings. The number of anilines is 1. The number of fused-ring (bicyclic) bond motifs is 1. The predicted molar refractivity (Wildman–Crippen MR) is 99.0 cm³/mol. The van der Waals surface area contributed by atoms with E-state index >= 15 is 0 Å². The third kappa shape index (κ3) is 3.05. The number of carbonyl (C=O) groups is 2. The lowest BCUT2D eigenvalue weighted by atomic mass is 9.88. The summed E-state index contributed by atoms with van der Waals surface area (Å²) in [6, 6.07) is 5.16. The third-order valence-corrected chi connectivity index (χ3v) is 4.88. The van der Waals surface area contributed by atoms with Gasteiger partial charge in [0.05, 0.1) is 6.04 Å². The number of rotatable bonds is 3. The van der Waals surface area contributed by atoms with Crippen LogP contribution in [0.2, 0.25) is 0 Å². The number of imidazole rings is 1. The van der Waals surface area contributed by atoms with Crippen LogP contribution in [0.25, 0.3) is 11.4 Å². The van der Waals surface area contributed by atoms with Gasteiger partial charge in [-0.1, -0.05) is 0 Å². The molecule has 0 radical (unpaired) electrons. The number of carbonyl (C=O) groups excluding carboxylic acids is 1. The molecule has 7 nitrogen and oxygen atoms in total. The first kappa shape index (κ1) is 18.0. The predicted octanol–water partition coefficient (Wildman–Crippen LogP) is 3.65. The van der Waals surface area contributed by atoms with Crippen molar-refractivity contribution in [2.24, 2.45) is 0 Å². The van der Waals surface area contributed by atoms with Gasteiger partial charge in [-0.2, -0.15) is 0 Å². The van der Waals surface area contributed by atoms with Gasteiger partial charge in [0.15, 0.2) is 0 Å². The van der Waals surface area contributed by atoms with E-state index in [1.807, 2.05) is 39.0 Å². The Morgan fingerprint density at radius 2 is 2.12 bits per heavy atom. The number of aromatic nitrogens is 2. The van der Waals surface area contributed by atoms with E-state index in [-0.39, 0.29) is 24.0 Å². The molecule has 26 heavy (non-hydrogen) atoms. The van der Waals surface area contributed by atoms with Gasteiger partial charge in [-0.3, -0.25) is 9.69 Å². The number of H-pyrrole nitrogens is 1. The SMILES string of the molecule is CC(=O)N1c2ccc(-c3ncc[nH]3)cc2[C@H](N(C(=O)O)C(C)C)C[C@@H]1C. The molecule has 0 saturated carbocycles. The molecule has 0 fully saturated rings. The molecular weight excluding hydrogens is 332 g/mol. The number of hydrogen-bond donors (Lipinski definition) is 2. The van der Waals surface area contributed by atoms with E-state index in [1.54, 1.807) is 24.2 Å². The van der Waals surface area contributed by atoms with Gasteiger partial charge in [0.1, 0.15) is 5.82 Å². The number of nitrogens with one attached hydrogen (secondary N) is 1. The number of benzene rings is 1. The normalized spacial score (nSPS) is 19.3. The minimum atomic E-state index is -0.956. The molecule has 2 N–H and O–H groups in total. The fraction of sp³-hybridized carbons (Fsp3) is 0.421. The zero-order valence-corrected chi connectivity index (χ0v) is 15.4. The maximum absolute atomic E-state index is 12.2. The molecule has 0 saturated heterocycles. The number of nitrogens with zero attached hydrogens (tertiary/aromatic N) is 3. The maximum Gasteiger partial charge on any atom is 0.408 e. The van der Waals surface area contributed by atoms with Crippen molar-refractivity contribution < 1.29 is 14.7 Å². The van der Waals surface area contributed by atoms with E-state index in [0.717, 1.165) is 16.8 Å². The number of aromatic amines is 1. The van der Waals surface area contributed by atoms with Gasteiger partial charge >= 0.3 is 6.09 Å². The second kappa shape index (κ2) is 6.82. The van der Waals surface area contributed by atoms with Crippen LogP contribution in [0.5, 0.6) is 0 Å². The maximum atomic E-state index is 12.2. The largest absolute Gasteiger partial charge is 0.465 e. The number of carboxylic acid groups (broad SMARTS) is 1. The molecule has 1 aliphatic rings. The van der Waals surface area contributed by atoms with Gasteiger partial charge in [0.25, 0.3) is 0 Å². The van der Waals surface area contributed by atoms with Crippen molar-refractivity contribution in [2.75, 3.05) is 4.90 Å². The highest BCUT2D eigenvalue weighted by atomic mass is 16.4. The molecule has 2 amide bonds. The second-order valence-electron chi connectivity index (χ2n) is 6.98. The Balaban J connectivity index is 2.17. The zero-order valence-electron chi connectivity index (χ0n) is 15.4. The van der Waals surface area contributed by atoms with Gasteiger partial charge in [0.2, 0.25) is 5.91 Å². The number of hydrogen-bond acceptors (Lipinski definition) is 3. The summed E-state index contributed by atoms with van der Waals surface area (Å²) in [7, 11) is 0. The highest BCUT2D eigenvalue weighted by Gasteiger charge is 2.38. The summed E-state index contributed by atoms with van der Waals surface area (Å²) in [5.41, 5.74) is 2.47. The van der Waals surface area contributed by atoms with Crippen molar-refractivity contribution in [3.8, 4) is 11.4 Å². The Kier molecular flexibility index (Phi) is 4.71. The molecule has 2 heterocycles. The van der Waals surface area contributed by atoms with Crippen molar-refractivity contribution >= 4 is 17.7 Å². The van der Waals surface area contributed by atoms with Crippen LogP contribution in [-0.2, 0) is 4.79 Å². The van der Waals surface area contributed by atoms with Crippen LogP contribution in [-0.4, -0.2) is 44.1 Å². The van der Waals surface area contributed by atoms with E-state index in [0.29, 0.717) is 12.2 Å². The first-order valence-electron chi connectivity index (χ1n) is 8.76. The number of amides is 2. The van der Waals surface area contributed by atoms with E-state index < -0.39 is 6.09 Å². The first-order valence-corrected chi connectivity index (χ1v) is 8.76. The third-order valence-electron chi connectivity index (χ3n) is 4.88. The van der Waals surface area contributed by atoms with Crippen molar-refractivity contribution in [3.63, 3.8) is 0 Å². The van der Waals surface area contributed by atoms with E-state index in [9.17, 15) is 14.7 Å². The molecule has 7 heteroatoms. The average Bonchev–Trinajstić information content (AvgIpc) is 3.07. The quantitative estimate of drug-likeness (QED) is 0.878. The first-order chi connectivity index (χ1) is 12.3. The summed E-state index contributed by atoms with van der Waals surface area (Å²) in [6.45, 7) is 7.23. The van der Waals surface area contributed by atoms with Crippen LogP contribution in [0, 0.1) is 0 Å². The average molecular weight is 356 g/mol. The van der Waals surface area contributed by atoms with Crippen LogP contribution in [0.3, 0.4) is 0 Å². The van der Waals surface area contributed by atoms with Crippen LogP contribution in [0.1, 0.15) is 45.7 Å². The van der Waals surface area contributed by atoms with Crippen LogP contribution in [0.15, 0.2) is 30.6 Å². The van der Waals surface area contributed by atoms with Crippen LogP contribution in [0.4, 0.5) is 10.5 Å². The lowest BCUT2D eigenvalue weighted by Gasteiger charge is -2.43. The topological polar surface area (TPSA) is 89.5 Å². The molecule has 3 rings (SSSR count). The fourth-order valence-corrected chi connectivity index (χ4v) is 3.86. The summed E-state index contributed by atoms with van der Waals surface area (Å²) in [5, 5.41) is 9.76. The van der Waals surface area contributed by atoms with Gasteiger partial charge in [-0.15, -0.1) is 0 Å². The van der Waals surface area contributed by atoms with Crippen molar-refractivity contribution in [2.45, 2.75) is 52.2 Å². The van der Waals surface area contributed by atoms with Gasteiger partial charge in [-0.05, 0) is 51.0 Å². The summed E-state index contributed by atoms with van der Waals surface area (Å²) in [6.07, 6.45) is 3.02. The Morgan fingerprint density at radius 3 is 2.65 bits per heavy atom. The van der Waals surface area contributed by atoms with Gasteiger partial charge in [-0.25, -0.2) is 9.78 Å². The second-order valence-corrected chi connectivity index (χ2v) is 6.98. The highest BCUT2D eigenvalue weighted by molar-refractivity contribution is 5.94. The molecule has 1 aromatic heterocycles. The minimum absolute atomic E-state index is 0.0469. The Bertz CT molecular complexity index is 816. The minimum Gasteiger partial charge on any atom is -0.465 e. The van der Waals surface area contributed by atoms with Crippen molar-refractivity contribution in [1.29, 1.82) is 0 Å². The highest BCUT2D eigenvalue weighted by Crippen LogP contribution is 2.42. The van der Waals surface area contributed by atoms with E-state index in [4.69, 9.17) is 0 Å². The summed E-state index contributed by atoms with van der Waals surface area (Å²) in [4.78, 5) is 34.7. The fourth-order valence-electron chi connectivity index (χ4n) is 3.86. The van der Waals surface area contributed by atoms with Crippen molar-refractivity contribution in [3.05, 3.63) is 36.2 Å². The molecule has 138 valence electrons. The summed E-state index contributed by atoms with van der Waals surface area (Å²) in [5.74, 6) is 0.667. The van der Waals surface area contributed by atoms with Gasteiger partial charge < -0.3 is 15.0 Å².